The fourth-order valence-corrected chi connectivity index (χ4v) is 3.08. The first-order valence-corrected chi connectivity index (χ1v) is 5.99. The van der Waals surface area contributed by atoms with E-state index in [1.807, 2.05) is 12.1 Å². The summed E-state index contributed by atoms with van der Waals surface area (Å²) in [5.74, 6) is 2.72. The molecule has 3 heteroatoms. The van der Waals surface area contributed by atoms with Crippen molar-refractivity contribution in [2.45, 2.75) is 19.3 Å². The number of nitriles is 1. The zero-order valence-electron chi connectivity index (χ0n) is 9.26. The SMILES string of the molecule is N#Cc1cccc(N2CC3CCCC3C2)n1. The number of nitrogens with zero attached hydrogens (tertiary/aromatic N) is 3. The summed E-state index contributed by atoms with van der Waals surface area (Å²) in [5, 5.41) is 8.84. The maximum absolute atomic E-state index is 8.84. The molecule has 16 heavy (non-hydrogen) atoms. The van der Waals surface area contributed by atoms with Gasteiger partial charge in [0.2, 0.25) is 0 Å². The third kappa shape index (κ3) is 1.55. The van der Waals surface area contributed by atoms with Crippen molar-refractivity contribution in [2.24, 2.45) is 11.8 Å². The molecule has 1 aromatic rings. The zero-order chi connectivity index (χ0) is 11.0. The van der Waals surface area contributed by atoms with Crippen LogP contribution in [0.2, 0.25) is 0 Å². The average Bonchev–Trinajstić information content (AvgIpc) is 2.89. The fourth-order valence-electron chi connectivity index (χ4n) is 3.08. The van der Waals surface area contributed by atoms with Gasteiger partial charge < -0.3 is 4.90 Å². The molecule has 2 heterocycles. The summed E-state index contributed by atoms with van der Waals surface area (Å²) in [4.78, 5) is 6.71. The number of aromatic nitrogens is 1. The molecular formula is C13H15N3. The second-order valence-electron chi connectivity index (χ2n) is 4.85. The number of hydrogen-bond donors (Lipinski definition) is 0. The van der Waals surface area contributed by atoms with Gasteiger partial charge in [-0.3, -0.25) is 0 Å². The van der Waals surface area contributed by atoms with Gasteiger partial charge in [-0.2, -0.15) is 5.26 Å². The van der Waals surface area contributed by atoms with Crippen LogP contribution in [0.25, 0.3) is 0 Å². The Labute approximate surface area is 95.7 Å². The molecule has 2 unspecified atom stereocenters. The summed E-state index contributed by atoms with van der Waals surface area (Å²) < 4.78 is 0. The van der Waals surface area contributed by atoms with E-state index >= 15 is 0 Å². The van der Waals surface area contributed by atoms with Gasteiger partial charge in [-0.1, -0.05) is 12.5 Å². The van der Waals surface area contributed by atoms with Crippen LogP contribution >= 0.6 is 0 Å². The first-order valence-electron chi connectivity index (χ1n) is 5.99. The maximum atomic E-state index is 8.84. The summed E-state index contributed by atoms with van der Waals surface area (Å²) in [7, 11) is 0. The minimum Gasteiger partial charge on any atom is -0.356 e. The van der Waals surface area contributed by atoms with Gasteiger partial charge in [0, 0.05) is 13.1 Å². The van der Waals surface area contributed by atoms with Gasteiger partial charge in [-0.05, 0) is 36.8 Å². The molecular weight excluding hydrogens is 198 g/mol. The van der Waals surface area contributed by atoms with Crippen molar-refractivity contribution < 1.29 is 0 Å². The lowest BCUT2D eigenvalue weighted by Crippen LogP contribution is -2.21. The average molecular weight is 213 g/mol. The normalized spacial score (nSPS) is 27.8. The van der Waals surface area contributed by atoms with E-state index in [2.05, 4.69) is 16.0 Å². The van der Waals surface area contributed by atoms with Gasteiger partial charge in [-0.15, -0.1) is 0 Å². The number of pyridine rings is 1. The highest BCUT2D eigenvalue weighted by atomic mass is 15.2. The lowest BCUT2D eigenvalue weighted by atomic mass is 10.0. The predicted octanol–water partition coefficient (Wildman–Crippen LogP) is 2.19. The molecule has 0 radical (unpaired) electrons. The first-order chi connectivity index (χ1) is 7.86. The Bertz CT molecular complexity index is 423. The maximum Gasteiger partial charge on any atom is 0.142 e. The Balaban J connectivity index is 1.81. The quantitative estimate of drug-likeness (QED) is 0.718. The van der Waals surface area contributed by atoms with Gasteiger partial charge in [0.25, 0.3) is 0 Å². The third-order valence-electron chi connectivity index (χ3n) is 3.90. The van der Waals surface area contributed by atoms with Crippen LogP contribution in [0.1, 0.15) is 25.0 Å². The van der Waals surface area contributed by atoms with Crippen LogP contribution in [0.3, 0.4) is 0 Å². The summed E-state index contributed by atoms with van der Waals surface area (Å²) in [6.07, 6.45) is 4.15. The molecule has 2 fully saturated rings. The molecule has 1 saturated heterocycles. The van der Waals surface area contributed by atoms with E-state index in [0.29, 0.717) is 5.69 Å². The molecule has 0 spiro atoms. The molecule has 82 valence electrons. The van der Waals surface area contributed by atoms with Crippen molar-refractivity contribution in [3.05, 3.63) is 23.9 Å². The third-order valence-corrected chi connectivity index (χ3v) is 3.90. The van der Waals surface area contributed by atoms with Gasteiger partial charge in [0.05, 0.1) is 0 Å². The lowest BCUT2D eigenvalue weighted by Gasteiger charge is -2.18. The number of hydrogen-bond acceptors (Lipinski definition) is 3. The summed E-state index contributed by atoms with van der Waals surface area (Å²) in [6.45, 7) is 2.26. The highest BCUT2D eigenvalue weighted by Gasteiger charge is 2.36. The van der Waals surface area contributed by atoms with Crippen LogP contribution in [0, 0.1) is 23.2 Å². The summed E-state index contributed by atoms with van der Waals surface area (Å²) in [5.41, 5.74) is 0.523. The molecule has 0 bridgehead atoms. The van der Waals surface area contributed by atoms with Crippen LogP contribution < -0.4 is 4.90 Å². The Hall–Kier alpha value is -1.56. The highest BCUT2D eigenvalue weighted by Crippen LogP contribution is 2.38. The molecule has 3 nitrogen and oxygen atoms in total. The molecule has 2 atom stereocenters. The Kier molecular flexibility index (Phi) is 2.28. The molecule has 2 aliphatic rings. The van der Waals surface area contributed by atoms with E-state index in [4.69, 9.17) is 5.26 Å². The topological polar surface area (TPSA) is 39.9 Å². The predicted molar refractivity (Wildman–Crippen MR) is 62.0 cm³/mol. The van der Waals surface area contributed by atoms with Crippen LogP contribution in [0.15, 0.2) is 18.2 Å². The Morgan fingerprint density at radius 3 is 2.69 bits per heavy atom. The molecule has 0 amide bonds. The molecule has 0 N–H and O–H groups in total. The van der Waals surface area contributed by atoms with Crippen molar-refractivity contribution in [1.29, 1.82) is 5.26 Å². The van der Waals surface area contributed by atoms with Gasteiger partial charge in [0.15, 0.2) is 0 Å². The molecule has 1 aliphatic heterocycles. The van der Waals surface area contributed by atoms with Crippen molar-refractivity contribution in [3.8, 4) is 6.07 Å². The largest absolute Gasteiger partial charge is 0.356 e. The van der Waals surface area contributed by atoms with Crippen molar-refractivity contribution in [3.63, 3.8) is 0 Å². The van der Waals surface area contributed by atoms with Crippen LogP contribution in [-0.2, 0) is 0 Å². The van der Waals surface area contributed by atoms with Crippen molar-refractivity contribution in [2.75, 3.05) is 18.0 Å². The second kappa shape index (κ2) is 3.79. The lowest BCUT2D eigenvalue weighted by molar-refractivity contribution is 0.494. The van der Waals surface area contributed by atoms with E-state index in [1.165, 1.54) is 19.3 Å². The molecule has 1 saturated carbocycles. The molecule has 3 rings (SSSR count). The minimum absolute atomic E-state index is 0.523. The van der Waals surface area contributed by atoms with Gasteiger partial charge >= 0.3 is 0 Å². The second-order valence-corrected chi connectivity index (χ2v) is 4.85. The zero-order valence-corrected chi connectivity index (χ0v) is 9.26. The number of fused-ring (bicyclic) bond motifs is 1. The van der Waals surface area contributed by atoms with Crippen LogP contribution in [-0.4, -0.2) is 18.1 Å². The first kappa shape index (κ1) is 9.65. The molecule has 1 aromatic heterocycles. The van der Waals surface area contributed by atoms with E-state index < -0.39 is 0 Å². The smallest absolute Gasteiger partial charge is 0.142 e. The Morgan fingerprint density at radius 1 is 1.25 bits per heavy atom. The van der Waals surface area contributed by atoms with E-state index in [-0.39, 0.29) is 0 Å². The number of rotatable bonds is 1. The highest BCUT2D eigenvalue weighted by molar-refractivity contribution is 5.43. The fraction of sp³-hybridized carbons (Fsp3) is 0.538. The minimum atomic E-state index is 0.523. The van der Waals surface area contributed by atoms with Crippen LogP contribution in [0.5, 0.6) is 0 Å². The monoisotopic (exact) mass is 213 g/mol. The van der Waals surface area contributed by atoms with Gasteiger partial charge in [-0.25, -0.2) is 4.98 Å². The summed E-state index contributed by atoms with van der Waals surface area (Å²) in [6, 6.07) is 7.81. The van der Waals surface area contributed by atoms with Crippen molar-refractivity contribution in [1.82, 2.24) is 4.98 Å². The summed E-state index contributed by atoms with van der Waals surface area (Å²) >= 11 is 0. The standard InChI is InChI=1S/C13H15N3/c14-7-12-5-2-6-13(15-12)16-8-10-3-1-4-11(10)9-16/h2,5-6,10-11H,1,3-4,8-9H2. The molecule has 0 aromatic carbocycles. The van der Waals surface area contributed by atoms with Crippen LogP contribution in [0.4, 0.5) is 5.82 Å². The van der Waals surface area contributed by atoms with E-state index in [1.54, 1.807) is 6.07 Å². The Morgan fingerprint density at radius 2 is 2.00 bits per heavy atom. The van der Waals surface area contributed by atoms with E-state index in [0.717, 1.165) is 30.7 Å². The van der Waals surface area contributed by atoms with Crippen molar-refractivity contribution >= 4 is 5.82 Å². The van der Waals surface area contributed by atoms with Gasteiger partial charge in [0.1, 0.15) is 17.6 Å². The molecule has 1 aliphatic carbocycles. The number of anilines is 1. The van der Waals surface area contributed by atoms with E-state index in [9.17, 15) is 0 Å².